The summed E-state index contributed by atoms with van der Waals surface area (Å²) >= 11 is 0. The van der Waals surface area contributed by atoms with Gasteiger partial charge in [-0.1, -0.05) is 48.3 Å². The van der Waals surface area contributed by atoms with Crippen LogP contribution in [0, 0.1) is 17.8 Å². The second-order valence-electron chi connectivity index (χ2n) is 17.0. The van der Waals surface area contributed by atoms with Crippen LogP contribution in [0.4, 0.5) is 0 Å². The minimum atomic E-state index is -4.23. The molecular weight excluding hydrogens is 757 g/mol. The highest BCUT2D eigenvalue weighted by Crippen LogP contribution is 2.62. The van der Waals surface area contributed by atoms with Gasteiger partial charge >= 0.3 is 0 Å². The number of oxime groups is 1. The lowest BCUT2D eigenvalue weighted by molar-refractivity contribution is -0.250. The zero-order chi connectivity index (χ0) is 41.1. The second-order valence-corrected chi connectivity index (χ2v) is 19.0. The Hall–Kier alpha value is -3.85. The summed E-state index contributed by atoms with van der Waals surface area (Å²) in [4.78, 5) is 13.1. The van der Waals surface area contributed by atoms with Gasteiger partial charge in [0.25, 0.3) is 0 Å². The molecule has 0 bridgehead atoms. The largest absolute Gasteiger partial charge is 0.492 e. The molecule has 0 spiro atoms. The fraction of sp³-hybridized carbons (Fsp3) is 0.556. The molecule has 1 saturated carbocycles. The summed E-state index contributed by atoms with van der Waals surface area (Å²) in [6.45, 7) is 13.7. The van der Waals surface area contributed by atoms with E-state index in [-0.39, 0.29) is 48.9 Å². The molecule has 2 aromatic carbocycles. The van der Waals surface area contributed by atoms with Gasteiger partial charge in [-0.2, -0.15) is 4.31 Å². The van der Waals surface area contributed by atoms with Gasteiger partial charge in [-0.05, 0) is 94.2 Å². The lowest BCUT2D eigenvalue weighted by Crippen LogP contribution is -2.69. The van der Waals surface area contributed by atoms with Crippen molar-refractivity contribution in [3.05, 3.63) is 84.6 Å². The van der Waals surface area contributed by atoms with Crippen LogP contribution in [-0.2, 0) is 19.6 Å². The molecule has 6 atom stereocenters. The zero-order valence-electron chi connectivity index (χ0n) is 34.4. The molecule has 2 aliphatic carbocycles. The maximum absolute atomic E-state index is 15.1. The summed E-state index contributed by atoms with van der Waals surface area (Å²) in [5, 5.41) is 25.4. The molecular formula is C45H60N4O8S. The fourth-order valence-electron chi connectivity index (χ4n) is 9.18. The Balaban J connectivity index is 1.44. The third-order valence-electron chi connectivity index (χ3n) is 12.0. The molecule has 1 aromatic heterocycles. The number of aliphatic hydroxyl groups is 2. The number of likely N-dealkylation sites (N-methyl/N-ethyl adjacent to an activating group) is 1. The monoisotopic (exact) mass is 816 g/mol. The van der Waals surface area contributed by atoms with Crippen molar-refractivity contribution in [3.63, 3.8) is 0 Å². The Morgan fingerprint density at radius 2 is 1.83 bits per heavy atom. The van der Waals surface area contributed by atoms with Crippen molar-refractivity contribution in [1.82, 2.24) is 14.2 Å². The highest BCUT2D eigenvalue weighted by atomic mass is 32.2. The first-order valence-electron chi connectivity index (χ1n) is 20.9. The predicted octanol–water partition coefficient (Wildman–Crippen LogP) is 6.68. The highest BCUT2D eigenvalue weighted by molar-refractivity contribution is 7.89. The molecule has 58 heavy (non-hydrogen) atoms. The summed E-state index contributed by atoms with van der Waals surface area (Å²) in [7, 11) is -2.63. The van der Waals surface area contributed by atoms with Gasteiger partial charge in [-0.15, -0.1) is 6.58 Å². The summed E-state index contributed by atoms with van der Waals surface area (Å²) < 4.78 is 52.2. The number of benzene rings is 2. The first kappa shape index (κ1) is 42.3. The van der Waals surface area contributed by atoms with E-state index in [9.17, 15) is 10.2 Å². The van der Waals surface area contributed by atoms with Crippen molar-refractivity contribution in [2.45, 2.75) is 94.0 Å². The Bertz CT molecular complexity index is 2090. The van der Waals surface area contributed by atoms with Crippen molar-refractivity contribution in [2.75, 3.05) is 53.1 Å². The van der Waals surface area contributed by atoms with E-state index >= 15 is 8.42 Å². The number of aliphatic hydroxyl groups excluding tert-OH is 2. The molecule has 0 amide bonds. The minimum Gasteiger partial charge on any atom is -0.492 e. The van der Waals surface area contributed by atoms with Gasteiger partial charge in [0, 0.05) is 69.4 Å². The minimum absolute atomic E-state index is 0.0499. The van der Waals surface area contributed by atoms with Crippen LogP contribution in [0.5, 0.6) is 11.5 Å². The van der Waals surface area contributed by atoms with Gasteiger partial charge in [0.15, 0.2) is 0 Å². The van der Waals surface area contributed by atoms with Crippen LogP contribution in [0.2, 0.25) is 0 Å². The Labute approximate surface area is 343 Å². The smallest absolute Gasteiger partial charge is 0.245 e. The number of fused-ring (bicyclic) bond motifs is 3. The van der Waals surface area contributed by atoms with E-state index in [1.807, 2.05) is 45.0 Å². The molecule has 314 valence electrons. The number of sulfonamides is 1. The van der Waals surface area contributed by atoms with Gasteiger partial charge in [0.1, 0.15) is 28.6 Å². The van der Waals surface area contributed by atoms with Crippen molar-refractivity contribution in [3.8, 4) is 11.5 Å². The van der Waals surface area contributed by atoms with Gasteiger partial charge in [-0.25, -0.2) is 8.42 Å². The number of hydrogen-bond donors (Lipinski definition) is 2. The van der Waals surface area contributed by atoms with E-state index in [4.69, 9.17) is 24.2 Å². The number of pyridine rings is 1. The number of unbranched alkanes of at least 4 members (excludes halogenated alkanes) is 2. The number of ether oxygens (including phenoxy) is 3. The third kappa shape index (κ3) is 8.71. The van der Waals surface area contributed by atoms with Crippen LogP contribution in [0.3, 0.4) is 0 Å². The highest BCUT2D eigenvalue weighted by Gasteiger charge is 2.65. The molecule has 0 unspecified atom stereocenters. The van der Waals surface area contributed by atoms with Gasteiger partial charge in [0.05, 0.1) is 29.8 Å². The van der Waals surface area contributed by atoms with Crippen molar-refractivity contribution >= 4 is 26.6 Å². The van der Waals surface area contributed by atoms with Crippen molar-refractivity contribution < 1.29 is 37.7 Å². The quantitative estimate of drug-likeness (QED) is 0.0582. The maximum Gasteiger partial charge on any atom is 0.245 e. The fourth-order valence-corrected chi connectivity index (χ4v) is 10.7. The number of rotatable bonds is 19. The van der Waals surface area contributed by atoms with Crippen LogP contribution in [0.1, 0.15) is 77.2 Å². The van der Waals surface area contributed by atoms with Gasteiger partial charge < -0.3 is 29.3 Å². The molecule has 12 nitrogen and oxygen atoms in total. The third-order valence-corrected chi connectivity index (χ3v) is 13.9. The summed E-state index contributed by atoms with van der Waals surface area (Å²) in [6, 6.07) is 13.9. The normalized spacial score (nSPS) is 26.2. The molecule has 2 N–H and O–H groups in total. The number of nitrogens with zero attached hydrogens (tertiary/aromatic N) is 4. The van der Waals surface area contributed by atoms with E-state index in [1.165, 1.54) is 4.31 Å². The summed E-state index contributed by atoms with van der Waals surface area (Å²) in [5.41, 5.74) is 2.29. The molecule has 1 saturated heterocycles. The molecule has 3 aromatic rings. The predicted molar refractivity (Wildman–Crippen MR) is 224 cm³/mol. The van der Waals surface area contributed by atoms with E-state index in [0.29, 0.717) is 41.8 Å². The first-order valence-corrected chi connectivity index (χ1v) is 22.3. The van der Waals surface area contributed by atoms with Gasteiger partial charge in [0.2, 0.25) is 15.8 Å². The molecule has 2 fully saturated rings. The number of hydrogen-bond acceptors (Lipinski definition) is 11. The number of aromatic nitrogens is 1. The molecule has 4 aliphatic rings. The van der Waals surface area contributed by atoms with Crippen LogP contribution in [0.25, 0.3) is 10.9 Å². The van der Waals surface area contributed by atoms with E-state index in [2.05, 4.69) is 28.6 Å². The first-order chi connectivity index (χ1) is 27.9. The van der Waals surface area contributed by atoms with Crippen LogP contribution in [0.15, 0.2) is 89.1 Å². The SMILES string of the molecule is C=CCO[C@@]12Oc3ccc(OCCN4CC4)cc3[C@H]3[C@H](CCCCO)[C@@H](CCCCO)C=C(C(=NOC(C)(C)C)C[C@@H]1N(C)S(=O)(=O)c1cccc4cccnc14)[C@H]32. The van der Waals surface area contributed by atoms with Crippen molar-refractivity contribution in [2.24, 2.45) is 22.9 Å². The second kappa shape index (κ2) is 17.8. The average Bonchev–Trinajstić information content (AvgIpc) is 4.04. The lowest BCUT2D eigenvalue weighted by atomic mass is 9.55. The topological polar surface area (TPSA) is 143 Å². The van der Waals surface area contributed by atoms with Crippen LogP contribution in [-0.4, -0.2) is 109 Å². The number of para-hydroxylation sites is 1. The Morgan fingerprint density at radius 3 is 2.55 bits per heavy atom. The van der Waals surface area contributed by atoms with Crippen LogP contribution >= 0.6 is 0 Å². The zero-order valence-corrected chi connectivity index (χ0v) is 35.2. The number of allylic oxidation sites excluding steroid dienone is 1. The van der Waals surface area contributed by atoms with E-state index < -0.39 is 33.4 Å². The summed E-state index contributed by atoms with van der Waals surface area (Å²) in [5.74, 6) is -0.785. The standard InChI is InChI=1S/C45H60N4O8S/c1-6-26-55-45-40(48(5)58(52,53)39-17-11-14-31-15-12-20-46-43(31)39)30-37(47-57-44(2,3)4)35-28-32(13-7-9-24-50)34(16-8-10-25-51)41(42(35)45)36-29-33(18-19-38(36)56-45)54-27-23-49-21-22-49/h6,11-12,14-15,17-20,28-29,32,34,40-42,50-51H,1,7-10,13,16,21-27,30H2,2-5H3/t32-,34+,40-,41+,42+,45+/m0/s1. The average molecular weight is 817 g/mol. The molecule has 0 radical (unpaired) electrons. The Morgan fingerprint density at radius 1 is 1.07 bits per heavy atom. The van der Waals surface area contributed by atoms with Crippen LogP contribution < -0.4 is 9.47 Å². The van der Waals surface area contributed by atoms with E-state index in [1.54, 1.807) is 37.5 Å². The molecule has 3 heterocycles. The van der Waals surface area contributed by atoms with Gasteiger partial charge in [-0.3, -0.25) is 9.88 Å². The van der Waals surface area contributed by atoms with Crippen molar-refractivity contribution in [1.29, 1.82) is 0 Å². The maximum atomic E-state index is 15.1. The lowest BCUT2D eigenvalue weighted by Gasteiger charge is -2.59. The molecule has 2 aliphatic heterocycles. The summed E-state index contributed by atoms with van der Waals surface area (Å²) in [6.07, 6.45) is 10.3. The van der Waals surface area contributed by atoms with E-state index in [0.717, 1.165) is 62.2 Å². The molecule has 7 rings (SSSR count). The Kier molecular flexibility index (Phi) is 13.0. The molecule has 13 heteroatoms.